The molecule has 40 heavy (non-hydrogen) atoms. The Labute approximate surface area is 241 Å². The third-order valence-corrected chi connectivity index (χ3v) is 5.95. The van der Waals surface area contributed by atoms with Crippen LogP contribution in [0.15, 0.2) is 83.5 Å². The molecule has 0 aliphatic carbocycles. The summed E-state index contributed by atoms with van der Waals surface area (Å²) < 4.78 is 0. The van der Waals surface area contributed by atoms with Crippen LogP contribution in [0.4, 0.5) is 0 Å². The Morgan fingerprint density at radius 3 is 2.05 bits per heavy atom. The summed E-state index contributed by atoms with van der Waals surface area (Å²) in [5.41, 5.74) is 0.849. The van der Waals surface area contributed by atoms with Crippen molar-refractivity contribution in [2.75, 3.05) is 6.54 Å². The van der Waals surface area contributed by atoms with E-state index in [1.54, 1.807) is 55.5 Å². The highest BCUT2D eigenvalue weighted by Gasteiger charge is 2.31. The molecular weight excluding hydrogens is 538 g/mol. The number of hydrogen-bond donors (Lipinski definition) is 7. The van der Waals surface area contributed by atoms with Crippen molar-refractivity contribution in [2.24, 2.45) is 11.8 Å². The fourth-order valence-electron chi connectivity index (χ4n) is 3.09. The van der Waals surface area contributed by atoms with E-state index in [9.17, 15) is 35.1 Å². The molecule has 0 aromatic carbocycles. The van der Waals surface area contributed by atoms with Gasteiger partial charge in [0.05, 0.1) is 30.8 Å². The van der Waals surface area contributed by atoms with Gasteiger partial charge in [0, 0.05) is 30.0 Å². The first kappa shape index (κ1) is 37.2. The van der Waals surface area contributed by atoms with E-state index in [1.807, 2.05) is 26.8 Å². The molecule has 9 nitrogen and oxygen atoms in total. The van der Waals surface area contributed by atoms with E-state index in [0.29, 0.717) is 5.92 Å². The molecule has 7 N–H and O–H groups in total. The zero-order chi connectivity index (χ0) is 30.7. The van der Waals surface area contributed by atoms with Gasteiger partial charge in [0.1, 0.15) is 6.10 Å². The number of carboxylic acid groups (broad SMARTS) is 1. The van der Waals surface area contributed by atoms with Crippen molar-refractivity contribution < 1.29 is 40.2 Å². The molecule has 0 radical (unpaired) electrons. The average molecular weight is 582 g/mol. The molecule has 0 heterocycles. The van der Waals surface area contributed by atoms with Gasteiger partial charge in [-0.15, -0.1) is 0 Å². The van der Waals surface area contributed by atoms with Gasteiger partial charge in [0.25, 0.3) is 0 Å². The lowest BCUT2D eigenvalue weighted by atomic mass is 9.93. The topological polar surface area (TPSA) is 168 Å². The molecule has 0 spiro atoms. The molecular formula is C30H44ClNO8. The number of hydrogen-bond acceptors (Lipinski definition) is 7. The van der Waals surface area contributed by atoms with Crippen LogP contribution in [0.2, 0.25) is 0 Å². The van der Waals surface area contributed by atoms with Crippen LogP contribution in [0.25, 0.3) is 0 Å². The lowest BCUT2D eigenvalue weighted by molar-refractivity contribution is -0.139. The van der Waals surface area contributed by atoms with Crippen molar-refractivity contribution >= 4 is 23.5 Å². The Balaban J connectivity index is 4.75. The minimum atomic E-state index is -1.51. The van der Waals surface area contributed by atoms with Crippen molar-refractivity contribution in [3.8, 4) is 0 Å². The Morgan fingerprint density at radius 2 is 1.43 bits per heavy atom. The van der Waals surface area contributed by atoms with E-state index < -0.39 is 54.7 Å². The van der Waals surface area contributed by atoms with Crippen LogP contribution in [0.3, 0.4) is 0 Å². The standard InChI is InChI=1S/C30H44ClNO8/c1-20(2)11-5-8-14-23(33)17-26(35)30(40)29(39)22(4)25(31)15-9-6-12-21(3)13-7-10-16-27(36)32-19-24(34)18-28(37)38/h5-16,20,22-24,26,29-30,33-35,39-40H,17-19H2,1-4H3,(H,32,36)(H,37,38)/b9-6+,11-5+,13-7+,14-8+,16-10+,21-12+,25-15-. The fraction of sp³-hybridized carbons (Fsp3) is 0.467. The summed E-state index contributed by atoms with van der Waals surface area (Å²) in [5, 5.41) is 61.7. The number of allylic oxidation sites excluding steroid dienone is 11. The molecule has 0 aromatic rings. The van der Waals surface area contributed by atoms with E-state index in [1.165, 1.54) is 18.2 Å². The van der Waals surface area contributed by atoms with Crippen molar-refractivity contribution in [3.63, 3.8) is 0 Å². The Morgan fingerprint density at radius 1 is 0.825 bits per heavy atom. The number of aliphatic hydroxyl groups is 5. The van der Waals surface area contributed by atoms with Crippen molar-refractivity contribution in [3.05, 3.63) is 83.5 Å². The third kappa shape index (κ3) is 18.5. The number of aliphatic hydroxyl groups excluding tert-OH is 5. The van der Waals surface area contributed by atoms with Crippen LogP contribution < -0.4 is 5.32 Å². The number of amides is 1. The van der Waals surface area contributed by atoms with Crippen LogP contribution in [0.1, 0.15) is 40.5 Å². The maximum absolute atomic E-state index is 11.7. The van der Waals surface area contributed by atoms with E-state index in [4.69, 9.17) is 16.7 Å². The van der Waals surface area contributed by atoms with Crippen LogP contribution in [0.5, 0.6) is 0 Å². The summed E-state index contributed by atoms with van der Waals surface area (Å²) in [7, 11) is 0. The first-order valence-corrected chi connectivity index (χ1v) is 13.4. The number of rotatable bonds is 18. The number of carbonyl (C=O) groups is 2. The van der Waals surface area contributed by atoms with Crippen LogP contribution >= 0.6 is 11.6 Å². The number of aliphatic carboxylic acids is 1. The van der Waals surface area contributed by atoms with Gasteiger partial charge in [-0.1, -0.05) is 98.7 Å². The molecule has 10 heteroatoms. The molecule has 6 unspecified atom stereocenters. The molecule has 0 saturated carbocycles. The normalized spacial score (nSPS) is 18.3. The maximum Gasteiger partial charge on any atom is 0.306 e. The minimum absolute atomic E-state index is 0.147. The molecule has 224 valence electrons. The number of carbonyl (C=O) groups excluding carboxylic acids is 1. The van der Waals surface area contributed by atoms with Gasteiger partial charge in [-0.2, -0.15) is 0 Å². The summed E-state index contributed by atoms with van der Waals surface area (Å²) in [4.78, 5) is 22.1. The van der Waals surface area contributed by atoms with E-state index in [-0.39, 0.29) is 18.0 Å². The number of nitrogens with one attached hydrogen (secondary N) is 1. The summed E-state index contributed by atoms with van der Waals surface area (Å²) in [5.74, 6) is -1.93. The SMILES string of the molecule is CC(/C=C/C=C/C(=O)NCC(O)CC(=O)O)=C\C=C\C=C(/Cl)C(C)C(O)C(O)C(O)CC(O)/C=C/C=C/C(C)C. The smallest absolute Gasteiger partial charge is 0.306 e. The highest BCUT2D eigenvalue weighted by molar-refractivity contribution is 6.30. The van der Waals surface area contributed by atoms with Gasteiger partial charge in [0.15, 0.2) is 0 Å². The largest absolute Gasteiger partial charge is 0.481 e. The van der Waals surface area contributed by atoms with Gasteiger partial charge < -0.3 is 36.0 Å². The molecule has 6 atom stereocenters. The minimum Gasteiger partial charge on any atom is -0.481 e. The maximum atomic E-state index is 11.7. The van der Waals surface area contributed by atoms with Gasteiger partial charge in [-0.3, -0.25) is 9.59 Å². The first-order chi connectivity index (χ1) is 18.7. The predicted octanol–water partition coefficient (Wildman–Crippen LogP) is 2.91. The van der Waals surface area contributed by atoms with Crippen LogP contribution in [-0.2, 0) is 9.59 Å². The summed E-state index contributed by atoms with van der Waals surface area (Å²) >= 11 is 6.27. The first-order valence-electron chi connectivity index (χ1n) is 13.0. The Bertz CT molecular complexity index is 980. The quantitative estimate of drug-likeness (QED) is 0.0957. The second-order valence-corrected chi connectivity index (χ2v) is 10.2. The summed E-state index contributed by atoms with van der Waals surface area (Å²) in [6.45, 7) is 7.32. The third-order valence-electron chi connectivity index (χ3n) is 5.48. The van der Waals surface area contributed by atoms with E-state index in [0.717, 1.165) is 5.57 Å². The highest BCUT2D eigenvalue weighted by Crippen LogP contribution is 2.23. The fourth-order valence-corrected chi connectivity index (χ4v) is 3.30. The van der Waals surface area contributed by atoms with Gasteiger partial charge in [-0.05, 0) is 18.9 Å². The molecule has 0 saturated heterocycles. The van der Waals surface area contributed by atoms with Gasteiger partial charge >= 0.3 is 5.97 Å². The Hall–Kier alpha value is -2.79. The lowest BCUT2D eigenvalue weighted by Gasteiger charge is -2.27. The molecule has 0 aromatic heterocycles. The van der Waals surface area contributed by atoms with Gasteiger partial charge in [0.2, 0.25) is 5.91 Å². The zero-order valence-electron chi connectivity index (χ0n) is 23.5. The summed E-state index contributed by atoms with van der Waals surface area (Å²) in [6, 6.07) is 0. The molecule has 0 rings (SSSR count). The van der Waals surface area contributed by atoms with Gasteiger partial charge in [-0.25, -0.2) is 0 Å². The second-order valence-electron chi connectivity index (χ2n) is 9.72. The molecule has 0 aliphatic rings. The molecule has 0 fully saturated rings. The zero-order valence-corrected chi connectivity index (χ0v) is 24.2. The highest BCUT2D eigenvalue weighted by atomic mass is 35.5. The predicted molar refractivity (Wildman–Crippen MR) is 157 cm³/mol. The second kappa shape index (κ2) is 21.0. The van der Waals surface area contributed by atoms with Crippen molar-refractivity contribution in [2.45, 2.75) is 71.1 Å². The van der Waals surface area contributed by atoms with Crippen LogP contribution in [0, 0.1) is 11.8 Å². The molecule has 1 amide bonds. The van der Waals surface area contributed by atoms with Crippen LogP contribution in [-0.4, -0.2) is 79.6 Å². The lowest BCUT2D eigenvalue weighted by Crippen LogP contribution is -2.42. The van der Waals surface area contributed by atoms with E-state index in [2.05, 4.69) is 5.32 Å². The van der Waals surface area contributed by atoms with Crippen molar-refractivity contribution in [1.29, 1.82) is 0 Å². The number of carboxylic acids is 1. The van der Waals surface area contributed by atoms with Crippen molar-refractivity contribution in [1.82, 2.24) is 5.32 Å². The number of halogens is 1. The summed E-state index contributed by atoms with van der Waals surface area (Å²) in [6.07, 6.45) is 12.8. The monoisotopic (exact) mass is 581 g/mol. The Kier molecular flexibility index (Phi) is 19.6. The van der Waals surface area contributed by atoms with E-state index >= 15 is 0 Å². The average Bonchev–Trinajstić information content (AvgIpc) is 2.88. The molecule has 0 bridgehead atoms. The molecule has 0 aliphatic heterocycles.